The SMILES string of the molecule is CC(=O)CC=CC#N.CC(=O)CC=CC=O. The van der Waals surface area contributed by atoms with E-state index in [0.717, 1.165) is 0 Å². The van der Waals surface area contributed by atoms with Gasteiger partial charge in [-0.2, -0.15) is 5.26 Å². The molecule has 0 aliphatic rings. The summed E-state index contributed by atoms with van der Waals surface area (Å²) in [5, 5.41) is 7.93. The molecule has 0 aromatic carbocycles. The van der Waals surface area contributed by atoms with Crippen LogP contribution in [0, 0.1) is 11.3 Å². The topological polar surface area (TPSA) is 75.0 Å². The van der Waals surface area contributed by atoms with Crippen molar-refractivity contribution in [2.75, 3.05) is 0 Å². The van der Waals surface area contributed by atoms with E-state index in [2.05, 4.69) is 0 Å². The summed E-state index contributed by atoms with van der Waals surface area (Å²) in [4.78, 5) is 29.9. The molecule has 0 aliphatic heterocycles. The van der Waals surface area contributed by atoms with E-state index in [1.807, 2.05) is 0 Å². The van der Waals surface area contributed by atoms with Crippen molar-refractivity contribution in [1.29, 1.82) is 5.26 Å². The Balaban J connectivity index is 0. The number of aldehydes is 1. The first-order valence-electron chi connectivity index (χ1n) is 4.68. The highest BCUT2D eigenvalue weighted by molar-refractivity contribution is 5.78. The van der Waals surface area contributed by atoms with Gasteiger partial charge in [-0.3, -0.25) is 14.4 Å². The fraction of sp³-hybridized carbons (Fsp3) is 0.333. The molecule has 0 unspecified atom stereocenters. The van der Waals surface area contributed by atoms with Crippen molar-refractivity contribution in [1.82, 2.24) is 0 Å². The van der Waals surface area contributed by atoms with Crippen LogP contribution in [0.15, 0.2) is 24.3 Å². The van der Waals surface area contributed by atoms with Gasteiger partial charge in [-0.25, -0.2) is 0 Å². The summed E-state index contributed by atoms with van der Waals surface area (Å²) >= 11 is 0. The number of ketones is 2. The van der Waals surface area contributed by atoms with Crippen LogP contribution in [0.5, 0.6) is 0 Å². The molecule has 0 bridgehead atoms. The predicted octanol–water partition coefficient (Wildman–Crippen LogP) is 1.77. The Kier molecular flexibility index (Phi) is 13.3. The summed E-state index contributed by atoms with van der Waals surface area (Å²) in [6.07, 6.45) is 7.09. The number of Topliss-reactive ketones (excluding diaryl/α,β-unsaturated/α-hetero) is 2. The average molecular weight is 221 g/mol. The molecule has 0 heterocycles. The average Bonchev–Trinajstić information content (AvgIpc) is 2.18. The van der Waals surface area contributed by atoms with Gasteiger partial charge < -0.3 is 0 Å². The Labute approximate surface area is 95.3 Å². The summed E-state index contributed by atoms with van der Waals surface area (Å²) < 4.78 is 0. The van der Waals surface area contributed by atoms with Gasteiger partial charge in [0.15, 0.2) is 0 Å². The maximum absolute atomic E-state index is 10.2. The van der Waals surface area contributed by atoms with Crippen molar-refractivity contribution in [3.8, 4) is 6.07 Å². The molecular formula is C12H15NO3. The first-order chi connectivity index (χ1) is 7.54. The summed E-state index contributed by atoms with van der Waals surface area (Å²) in [5.74, 6) is 0.152. The molecule has 0 N–H and O–H groups in total. The number of carbonyl (C=O) groups excluding carboxylic acids is 3. The van der Waals surface area contributed by atoms with Gasteiger partial charge in [0.1, 0.15) is 17.9 Å². The molecule has 0 radical (unpaired) electrons. The standard InChI is InChI=1S/C6H7NO.C6H8O2/c2*1-6(8)4-2-3-5-7/h2-3H,4H2,1H3;2-3,5H,4H2,1H3. The number of nitriles is 1. The van der Waals surface area contributed by atoms with Gasteiger partial charge in [-0.1, -0.05) is 12.2 Å². The van der Waals surface area contributed by atoms with Crippen molar-refractivity contribution >= 4 is 17.9 Å². The maximum Gasteiger partial charge on any atom is 0.142 e. The molecule has 4 heteroatoms. The van der Waals surface area contributed by atoms with Gasteiger partial charge in [0.25, 0.3) is 0 Å². The normalized spacial score (nSPS) is 9.31. The van der Waals surface area contributed by atoms with Crippen LogP contribution in [-0.2, 0) is 14.4 Å². The highest BCUT2D eigenvalue weighted by Crippen LogP contribution is 1.82. The zero-order valence-electron chi connectivity index (χ0n) is 9.47. The fourth-order valence-corrected chi connectivity index (χ4v) is 0.567. The lowest BCUT2D eigenvalue weighted by atomic mass is 10.3. The summed E-state index contributed by atoms with van der Waals surface area (Å²) in [6, 6.07) is 1.79. The van der Waals surface area contributed by atoms with E-state index in [4.69, 9.17) is 5.26 Å². The Morgan fingerprint density at radius 1 is 1.12 bits per heavy atom. The number of hydrogen-bond acceptors (Lipinski definition) is 4. The minimum absolute atomic E-state index is 0.0723. The van der Waals surface area contributed by atoms with Crippen LogP contribution < -0.4 is 0 Å². The highest BCUT2D eigenvalue weighted by Gasteiger charge is 1.83. The second kappa shape index (κ2) is 13.0. The molecule has 0 aromatic heterocycles. The number of rotatable bonds is 5. The van der Waals surface area contributed by atoms with Crippen LogP contribution in [0.25, 0.3) is 0 Å². The van der Waals surface area contributed by atoms with Crippen LogP contribution in [-0.4, -0.2) is 17.9 Å². The zero-order chi connectivity index (χ0) is 12.8. The highest BCUT2D eigenvalue weighted by atomic mass is 16.1. The lowest BCUT2D eigenvalue weighted by Crippen LogP contribution is -1.83. The number of nitrogens with zero attached hydrogens (tertiary/aromatic N) is 1. The van der Waals surface area contributed by atoms with Crippen molar-refractivity contribution in [2.24, 2.45) is 0 Å². The van der Waals surface area contributed by atoms with Gasteiger partial charge in [-0.15, -0.1) is 0 Å². The van der Waals surface area contributed by atoms with E-state index in [9.17, 15) is 14.4 Å². The molecule has 0 rings (SSSR count). The molecule has 16 heavy (non-hydrogen) atoms. The lowest BCUT2D eigenvalue weighted by Gasteiger charge is -1.77. The van der Waals surface area contributed by atoms with Crippen LogP contribution in [0.2, 0.25) is 0 Å². The van der Waals surface area contributed by atoms with E-state index in [0.29, 0.717) is 19.1 Å². The molecule has 0 saturated carbocycles. The summed E-state index contributed by atoms with van der Waals surface area (Å²) in [5.41, 5.74) is 0. The first-order valence-corrected chi connectivity index (χ1v) is 4.68. The molecule has 0 aromatic rings. The molecule has 0 spiro atoms. The minimum atomic E-state index is 0.0723. The molecule has 0 fully saturated rings. The van der Waals surface area contributed by atoms with E-state index in [1.165, 1.54) is 32.1 Å². The lowest BCUT2D eigenvalue weighted by molar-refractivity contribution is -0.117. The Morgan fingerprint density at radius 2 is 1.62 bits per heavy atom. The Morgan fingerprint density at radius 3 is 2.00 bits per heavy atom. The van der Waals surface area contributed by atoms with Crippen LogP contribution in [0.4, 0.5) is 0 Å². The van der Waals surface area contributed by atoms with Crippen molar-refractivity contribution < 1.29 is 14.4 Å². The largest absolute Gasteiger partial charge is 0.300 e. The molecule has 0 saturated heterocycles. The number of carbonyl (C=O) groups is 3. The first kappa shape index (κ1) is 16.4. The second-order valence-electron chi connectivity index (χ2n) is 2.91. The smallest absolute Gasteiger partial charge is 0.142 e. The Hall–Kier alpha value is -2.02. The quantitative estimate of drug-likeness (QED) is 0.403. The maximum atomic E-state index is 10.2. The van der Waals surface area contributed by atoms with E-state index in [1.54, 1.807) is 12.1 Å². The van der Waals surface area contributed by atoms with E-state index < -0.39 is 0 Å². The number of allylic oxidation sites excluding steroid dienone is 4. The zero-order valence-corrected chi connectivity index (χ0v) is 9.47. The minimum Gasteiger partial charge on any atom is -0.300 e. The van der Waals surface area contributed by atoms with Gasteiger partial charge in [0.05, 0.1) is 6.07 Å². The van der Waals surface area contributed by atoms with Gasteiger partial charge >= 0.3 is 0 Å². The van der Waals surface area contributed by atoms with Crippen molar-refractivity contribution in [2.45, 2.75) is 26.7 Å². The molecule has 0 aliphatic carbocycles. The van der Waals surface area contributed by atoms with Crippen molar-refractivity contribution in [3.05, 3.63) is 24.3 Å². The van der Waals surface area contributed by atoms with Crippen LogP contribution in [0.3, 0.4) is 0 Å². The second-order valence-corrected chi connectivity index (χ2v) is 2.91. The molecule has 4 nitrogen and oxygen atoms in total. The molecule has 0 amide bonds. The third kappa shape index (κ3) is 22.7. The monoisotopic (exact) mass is 221 g/mol. The predicted molar refractivity (Wildman–Crippen MR) is 60.6 cm³/mol. The fourth-order valence-electron chi connectivity index (χ4n) is 0.567. The molecule has 0 atom stereocenters. The van der Waals surface area contributed by atoms with Gasteiger partial charge in [0, 0.05) is 18.9 Å². The van der Waals surface area contributed by atoms with Crippen LogP contribution in [0.1, 0.15) is 26.7 Å². The van der Waals surface area contributed by atoms with Gasteiger partial charge in [-0.05, 0) is 19.9 Å². The third-order valence-electron chi connectivity index (χ3n) is 1.22. The van der Waals surface area contributed by atoms with Gasteiger partial charge in [0.2, 0.25) is 0 Å². The summed E-state index contributed by atoms with van der Waals surface area (Å²) in [7, 11) is 0. The summed E-state index contributed by atoms with van der Waals surface area (Å²) in [6.45, 7) is 2.97. The van der Waals surface area contributed by atoms with Crippen molar-refractivity contribution in [3.63, 3.8) is 0 Å². The third-order valence-corrected chi connectivity index (χ3v) is 1.22. The molecular weight excluding hydrogens is 206 g/mol. The van der Waals surface area contributed by atoms with E-state index in [-0.39, 0.29) is 11.6 Å². The Bertz CT molecular complexity index is 322. The van der Waals surface area contributed by atoms with E-state index >= 15 is 0 Å². The molecule has 86 valence electrons. The van der Waals surface area contributed by atoms with Crippen LogP contribution >= 0.6 is 0 Å². The number of hydrogen-bond donors (Lipinski definition) is 0.